The summed E-state index contributed by atoms with van der Waals surface area (Å²) in [6.07, 6.45) is 4.83. The molecule has 1 saturated carbocycles. The van der Waals surface area contributed by atoms with Gasteiger partial charge in [-0.25, -0.2) is 0 Å². The summed E-state index contributed by atoms with van der Waals surface area (Å²) in [6.45, 7) is 4.19. The molecule has 0 aromatic rings. The van der Waals surface area contributed by atoms with E-state index in [1.807, 2.05) is 0 Å². The molecule has 1 aliphatic carbocycles. The van der Waals surface area contributed by atoms with Gasteiger partial charge in [-0.05, 0) is 38.6 Å². The smallest absolute Gasteiger partial charge is 0.0501 e. The van der Waals surface area contributed by atoms with Gasteiger partial charge in [-0.3, -0.25) is 0 Å². The Hall–Kier alpha value is -0.120. The second kappa shape index (κ2) is 4.81. The average molecular weight is 213 g/mol. The second-order valence-electron chi connectivity index (χ2n) is 5.41. The van der Waals surface area contributed by atoms with Crippen LogP contribution >= 0.6 is 0 Å². The van der Waals surface area contributed by atoms with E-state index in [0.29, 0.717) is 6.61 Å². The van der Waals surface area contributed by atoms with Crippen LogP contribution in [0.1, 0.15) is 25.7 Å². The molecule has 0 radical (unpaired) electrons. The van der Waals surface area contributed by atoms with Crippen molar-refractivity contribution in [2.75, 3.05) is 40.0 Å². The Morgan fingerprint density at radius 3 is 2.53 bits per heavy atom. The van der Waals surface area contributed by atoms with E-state index >= 15 is 0 Å². The molecule has 2 fully saturated rings. The summed E-state index contributed by atoms with van der Waals surface area (Å²) in [5, 5.41) is 9.56. The van der Waals surface area contributed by atoms with Gasteiger partial charge in [-0.15, -0.1) is 0 Å². The van der Waals surface area contributed by atoms with E-state index in [1.165, 1.54) is 19.4 Å². The van der Waals surface area contributed by atoms with Gasteiger partial charge in [-0.1, -0.05) is 0 Å². The molecule has 0 spiro atoms. The van der Waals surface area contributed by atoms with E-state index in [0.717, 1.165) is 38.5 Å². The van der Waals surface area contributed by atoms with Crippen LogP contribution in [-0.2, 0) is 4.74 Å². The standard InChI is InChI=1S/C12H23NO2/c1-13(8-11-2-3-11)9-12(10-14)4-6-15-7-5-12/h11,14H,2-10H2,1H3. The summed E-state index contributed by atoms with van der Waals surface area (Å²) in [4.78, 5) is 2.40. The molecule has 0 unspecified atom stereocenters. The minimum absolute atomic E-state index is 0.113. The first-order valence-electron chi connectivity index (χ1n) is 6.11. The van der Waals surface area contributed by atoms with Crippen molar-refractivity contribution in [3.63, 3.8) is 0 Å². The van der Waals surface area contributed by atoms with Gasteiger partial charge >= 0.3 is 0 Å². The van der Waals surface area contributed by atoms with Gasteiger partial charge in [0.15, 0.2) is 0 Å². The van der Waals surface area contributed by atoms with Gasteiger partial charge in [0.05, 0.1) is 6.61 Å². The molecule has 2 rings (SSSR count). The third-order valence-electron chi connectivity index (χ3n) is 3.76. The molecule has 15 heavy (non-hydrogen) atoms. The monoisotopic (exact) mass is 213 g/mol. The van der Waals surface area contributed by atoms with Crippen molar-refractivity contribution in [2.45, 2.75) is 25.7 Å². The van der Waals surface area contributed by atoms with Crippen molar-refractivity contribution in [3.8, 4) is 0 Å². The third-order valence-corrected chi connectivity index (χ3v) is 3.76. The number of hydrogen-bond acceptors (Lipinski definition) is 3. The van der Waals surface area contributed by atoms with Crippen LogP contribution in [0.25, 0.3) is 0 Å². The Labute approximate surface area is 92.4 Å². The third kappa shape index (κ3) is 3.16. The molecule has 88 valence electrons. The van der Waals surface area contributed by atoms with Crippen LogP contribution in [-0.4, -0.2) is 50.0 Å². The van der Waals surface area contributed by atoms with Crippen LogP contribution in [0, 0.1) is 11.3 Å². The van der Waals surface area contributed by atoms with Crippen LogP contribution < -0.4 is 0 Å². The van der Waals surface area contributed by atoms with Crippen LogP contribution in [0.4, 0.5) is 0 Å². The largest absolute Gasteiger partial charge is 0.396 e. The molecule has 1 N–H and O–H groups in total. The molecule has 0 aromatic heterocycles. The number of nitrogens with zero attached hydrogens (tertiary/aromatic N) is 1. The van der Waals surface area contributed by atoms with E-state index in [2.05, 4.69) is 11.9 Å². The molecule has 3 heteroatoms. The van der Waals surface area contributed by atoms with Crippen LogP contribution in [0.5, 0.6) is 0 Å². The maximum atomic E-state index is 9.56. The van der Waals surface area contributed by atoms with Crippen molar-refractivity contribution >= 4 is 0 Å². The number of aliphatic hydroxyl groups excluding tert-OH is 1. The summed E-state index contributed by atoms with van der Waals surface area (Å²) in [5.41, 5.74) is 0.113. The highest BCUT2D eigenvalue weighted by atomic mass is 16.5. The number of hydrogen-bond donors (Lipinski definition) is 1. The molecule has 2 aliphatic rings. The molecule has 1 saturated heterocycles. The second-order valence-corrected chi connectivity index (χ2v) is 5.41. The van der Waals surface area contributed by atoms with Gasteiger partial charge in [0, 0.05) is 31.7 Å². The minimum Gasteiger partial charge on any atom is -0.396 e. The lowest BCUT2D eigenvalue weighted by Crippen LogP contribution is -2.43. The molecule has 3 nitrogen and oxygen atoms in total. The topological polar surface area (TPSA) is 32.7 Å². The number of aliphatic hydroxyl groups is 1. The lowest BCUT2D eigenvalue weighted by atomic mass is 9.80. The van der Waals surface area contributed by atoms with E-state index in [4.69, 9.17) is 4.74 Å². The summed E-state index contributed by atoms with van der Waals surface area (Å²) < 4.78 is 5.37. The first-order valence-corrected chi connectivity index (χ1v) is 6.11. The van der Waals surface area contributed by atoms with Crippen molar-refractivity contribution in [1.29, 1.82) is 0 Å². The van der Waals surface area contributed by atoms with Crippen molar-refractivity contribution in [2.24, 2.45) is 11.3 Å². The normalized spacial score (nSPS) is 25.8. The molecule has 0 amide bonds. The predicted molar refractivity (Wildman–Crippen MR) is 59.8 cm³/mol. The predicted octanol–water partition coefficient (Wildman–Crippen LogP) is 1.12. The zero-order valence-electron chi connectivity index (χ0n) is 9.74. The zero-order valence-corrected chi connectivity index (χ0v) is 9.74. The Balaban J connectivity index is 1.81. The van der Waals surface area contributed by atoms with Gasteiger partial charge < -0.3 is 14.7 Å². The summed E-state index contributed by atoms with van der Waals surface area (Å²) in [6, 6.07) is 0. The highest BCUT2D eigenvalue weighted by molar-refractivity contribution is 4.85. The molecule has 0 atom stereocenters. The highest BCUT2D eigenvalue weighted by Crippen LogP contribution is 2.33. The Kier molecular flexibility index (Phi) is 3.65. The first-order chi connectivity index (χ1) is 7.24. The lowest BCUT2D eigenvalue weighted by molar-refractivity contribution is -0.0312. The lowest BCUT2D eigenvalue weighted by Gasteiger charge is -2.38. The van der Waals surface area contributed by atoms with Crippen molar-refractivity contribution < 1.29 is 9.84 Å². The Morgan fingerprint density at radius 2 is 2.00 bits per heavy atom. The molecular weight excluding hydrogens is 190 g/mol. The molecule has 1 aliphatic heterocycles. The summed E-state index contributed by atoms with van der Waals surface area (Å²) in [5.74, 6) is 0.936. The van der Waals surface area contributed by atoms with Gasteiger partial charge in [0.25, 0.3) is 0 Å². The Morgan fingerprint density at radius 1 is 1.33 bits per heavy atom. The van der Waals surface area contributed by atoms with Crippen LogP contribution in [0.3, 0.4) is 0 Å². The van der Waals surface area contributed by atoms with Crippen molar-refractivity contribution in [1.82, 2.24) is 4.90 Å². The van der Waals surface area contributed by atoms with Crippen LogP contribution in [0.15, 0.2) is 0 Å². The Bertz CT molecular complexity index is 198. The fourth-order valence-corrected chi connectivity index (χ4v) is 2.55. The molecule has 0 aromatic carbocycles. The van der Waals surface area contributed by atoms with E-state index in [-0.39, 0.29) is 5.41 Å². The summed E-state index contributed by atoms with van der Waals surface area (Å²) >= 11 is 0. The quantitative estimate of drug-likeness (QED) is 0.743. The fraction of sp³-hybridized carbons (Fsp3) is 1.00. The first kappa shape index (κ1) is 11.4. The fourth-order valence-electron chi connectivity index (χ4n) is 2.55. The van der Waals surface area contributed by atoms with E-state index < -0.39 is 0 Å². The molecular formula is C12H23NO2. The molecule has 0 bridgehead atoms. The SMILES string of the molecule is CN(CC1CC1)CC1(CO)CCOCC1. The van der Waals surface area contributed by atoms with E-state index in [9.17, 15) is 5.11 Å². The zero-order chi connectivity index (χ0) is 10.7. The maximum Gasteiger partial charge on any atom is 0.0501 e. The van der Waals surface area contributed by atoms with Crippen molar-refractivity contribution in [3.05, 3.63) is 0 Å². The number of rotatable bonds is 5. The van der Waals surface area contributed by atoms with Gasteiger partial charge in [0.1, 0.15) is 0 Å². The highest BCUT2D eigenvalue weighted by Gasteiger charge is 2.34. The van der Waals surface area contributed by atoms with Gasteiger partial charge in [-0.2, -0.15) is 0 Å². The summed E-state index contributed by atoms with van der Waals surface area (Å²) in [7, 11) is 2.19. The minimum atomic E-state index is 0.113. The number of ether oxygens (including phenoxy) is 1. The van der Waals surface area contributed by atoms with Gasteiger partial charge in [0.2, 0.25) is 0 Å². The average Bonchev–Trinajstić information content (AvgIpc) is 3.03. The van der Waals surface area contributed by atoms with Crippen LogP contribution in [0.2, 0.25) is 0 Å². The molecule has 1 heterocycles. The maximum absolute atomic E-state index is 9.56. The van der Waals surface area contributed by atoms with E-state index in [1.54, 1.807) is 0 Å².